The third-order valence-electron chi connectivity index (χ3n) is 3.42. The smallest absolute Gasteiger partial charge is 0.310 e. The Kier molecular flexibility index (Phi) is 4.04. The van der Waals surface area contributed by atoms with Gasteiger partial charge in [-0.2, -0.15) is 13.2 Å². The second kappa shape index (κ2) is 5.90. The van der Waals surface area contributed by atoms with Crippen LogP contribution in [0.3, 0.4) is 0 Å². The monoisotopic (exact) mass is 354 g/mol. The van der Waals surface area contributed by atoms with E-state index in [1.54, 1.807) is 4.57 Å². The fourth-order valence-electron chi connectivity index (χ4n) is 2.33. The van der Waals surface area contributed by atoms with E-state index in [0.717, 1.165) is 16.5 Å². The molecule has 0 saturated carbocycles. The first-order valence-electron chi connectivity index (χ1n) is 7.10. The standard InChI is InChI=1S/C15H13F3N4OS/c1-3-22-11-5-4-8(2)6-9(11)20-14(22)21-12(23)10-7-24-13(19-10)15(16,17)18/h4-7H,3H2,1-2H3,(H,20,21,23). The van der Waals surface area contributed by atoms with Crippen molar-refractivity contribution in [1.82, 2.24) is 14.5 Å². The normalized spacial score (nSPS) is 11.9. The molecule has 0 saturated heterocycles. The Labute approximate surface area is 139 Å². The molecule has 0 radical (unpaired) electrons. The van der Waals surface area contributed by atoms with Gasteiger partial charge in [-0.15, -0.1) is 11.3 Å². The van der Waals surface area contributed by atoms with Gasteiger partial charge in [-0.05, 0) is 31.5 Å². The summed E-state index contributed by atoms with van der Waals surface area (Å²) in [5.41, 5.74) is 2.29. The van der Waals surface area contributed by atoms with Crippen molar-refractivity contribution < 1.29 is 18.0 Å². The second-order valence-corrected chi connectivity index (χ2v) is 6.02. The highest BCUT2D eigenvalue weighted by molar-refractivity contribution is 7.10. The van der Waals surface area contributed by atoms with E-state index in [9.17, 15) is 18.0 Å². The van der Waals surface area contributed by atoms with E-state index < -0.39 is 17.1 Å². The summed E-state index contributed by atoms with van der Waals surface area (Å²) in [6, 6.07) is 5.70. The molecule has 126 valence electrons. The van der Waals surface area contributed by atoms with Gasteiger partial charge < -0.3 is 4.57 Å². The highest BCUT2D eigenvalue weighted by Crippen LogP contribution is 2.31. The topological polar surface area (TPSA) is 59.8 Å². The SMILES string of the molecule is CCn1c(NC(=O)c2csc(C(F)(F)F)n2)nc2cc(C)ccc21. The van der Waals surface area contributed by atoms with Crippen LogP contribution < -0.4 is 5.32 Å². The number of amides is 1. The average Bonchev–Trinajstić information content (AvgIpc) is 3.10. The van der Waals surface area contributed by atoms with Gasteiger partial charge in [-0.25, -0.2) is 9.97 Å². The first kappa shape index (κ1) is 16.4. The van der Waals surface area contributed by atoms with Crippen LogP contribution >= 0.6 is 11.3 Å². The molecule has 3 aromatic rings. The lowest BCUT2D eigenvalue weighted by Gasteiger charge is -2.06. The fourth-order valence-corrected chi connectivity index (χ4v) is 3.00. The fraction of sp³-hybridized carbons (Fsp3) is 0.267. The van der Waals surface area contributed by atoms with E-state index in [0.29, 0.717) is 23.4 Å². The van der Waals surface area contributed by atoms with Crippen LogP contribution in [-0.2, 0) is 12.7 Å². The molecule has 0 spiro atoms. The Morgan fingerprint density at radius 1 is 1.33 bits per heavy atom. The largest absolute Gasteiger partial charge is 0.443 e. The number of anilines is 1. The molecular formula is C15H13F3N4OS. The summed E-state index contributed by atoms with van der Waals surface area (Å²) < 4.78 is 39.5. The van der Waals surface area contributed by atoms with Crippen LogP contribution in [0.2, 0.25) is 0 Å². The third kappa shape index (κ3) is 2.99. The molecule has 1 aromatic carbocycles. The summed E-state index contributed by atoms with van der Waals surface area (Å²) in [7, 11) is 0. The molecule has 24 heavy (non-hydrogen) atoms. The number of nitrogens with zero attached hydrogens (tertiary/aromatic N) is 3. The zero-order chi connectivity index (χ0) is 17.5. The van der Waals surface area contributed by atoms with Gasteiger partial charge in [0.1, 0.15) is 5.69 Å². The predicted molar refractivity (Wildman–Crippen MR) is 85.2 cm³/mol. The number of hydrogen-bond acceptors (Lipinski definition) is 4. The molecule has 2 aromatic heterocycles. The zero-order valence-electron chi connectivity index (χ0n) is 12.8. The summed E-state index contributed by atoms with van der Waals surface area (Å²) in [6.45, 7) is 4.37. The average molecular weight is 354 g/mol. The molecule has 1 N–H and O–H groups in total. The Morgan fingerprint density at radius 2 is 2.08 bits per heavy atom. The van der Waals surface area contributed by atoms with Crippen LogP contribution in [0.1, 0.15) is 28.0 Å². The Balaban J connectivity index is 1.91. The molecule has 0 fully saturated rings. The summed E-state index contributed by atoms with van der Waals surface area (Å²) in [4.78, 5) is 19.9. The summed E-state index contributed by atoms with van der Waals surface area (Å²) >= 11 is 0.388. The van der Waals surface area contributed by atoms with Crippen LogP contribution in [0.5, 0.6) is 0 Å². The quantitative estimate of drug-likeness (QED) is 0.771. The minimum Gasteiger partial charge on any atom is -0.310 e. The van der Waals surface area contributed by atoms with Crippen LogP contribution in [0.15, 0.2) is 23.6 Å². The number of carbonyl (C=O) groups is 1. The molecule has 0 atom stereocenters. The predicted octanol–water partition coefficient (Wildman–Crippen LogP) is 4.09. The molecule has 5 nitrogen and oxygen atoms in total. The second-order valence-electron chi connectivity index (χ2n) is 5.16. The van der Waals surface area contributed by atoms with E-state index in [4.69, 9.17) is 0 Å². The molecule has 0 unspecified atom stereocenters. The van der Waals surface area contributed by atoms with Crippen molar-refractivity contribution in [3.63, 3.8) is 0 Å². The van der Waals surface area contributed by atoms with Crippen molar-refractivity contribution in [2.24, 2.45) is 0 Å². The van der Waals surface area contributed by atoms with Crippen LogP contribution in [0, 0.1) is 6.92 Å². The van der Waals surface area contributed by atoms with Gasteiger partial charge in [0.05, 0.1) is 11.0 Å². The number of nitrogens with one attached hydrogen (secondary N) is 1. The zero-order valence-corrected chi connectivity index (χ0v) is 13.6. The van der Waals surface area contributed by atoms with Gasteiger partial charge >= 0.3 is 6.18 Å². The minimum atomic E-state index is -4.56. The highest BCUT2D eigenvalue weighted by atomic mass is 32.1. The number of aryl methyl sites for hydroxylation is 2. The Morgan fingerprint density at radius 3 is 2.71 bits per heavy atom. The van der Waals surface area contributed by atoms with E-state index in [2.05, 4.69) is 15.3 Å². The van der Waals surface area contributed by atoms with Gasteiger partial charge in [-0.3, -0.25) is 10.1 Å². The van der Waals surface area contributed by atoms with E-state index in [1.165, 1.54) is 0 Å². The molecule has 9 heteroatoms. The van der Waals surface area contributed by atoms with Crippen molar-refractivity contribution in [2.45, 2.75) is 26.6 Å². The molecule has 3 rings (SSSR count). The van der Waals surface area contributed by atoms with Gasteiger partial charge in [0.15, 0.2) is 5.01 Å². The lowest BCUT2D eigenvalue weighted by molar-refractivity contribution is -0.137. The van der Waals surface area contributed by atoms with Crippen molar-refractivity contribution in [1.29, 1.82) is 0 Å². The van der Waals surface area contributed by atoms with E-state index in [1.807, 2.05) is 32.0 Å². The van der Waals surface area contributed by atoms with Gasteiger partial charge in [-0.1, -0.05) is 6.07 Å². The number of aromatic nitrogens is 3. The molecule has 0 aliphatic rings. The first-order chi connectivity index (χ1) is 11.3. The lowest BCUT2D eigenvalue weighted by atomic mass is 10.2. The number of imidazole rings is 1. The number of thiazole rings is 1. The Hall–Kier alpha value is -2.42. The Bertz CT molecular complexity index is 913. The molecule has 0 bridgehead atoms. The lowest BCUT2D eigenvalue weighted by Crippen LogP contribution is -2.16. The number of halogens is 3. The summed E-state index contributed by atoms with van der Waals surface area (Å²) in [5, 5.41) is 2.58. The van der Waals surface area contributed by atoms with Crippen LogP contribution in [-0.4, -0.2) is 20.4 Å². The van der Waals surface area contributed by atoms with E-state index >= 15 is 0 Å². The van der Waals surface area contributed by atoms with Gasteiger partial charge in [0.25, 0.3) is 5.91 Å². The summed E-state index contributed by atoms with van der Waals surface area (Å²) in [6.07, 6.45) is -4.56. The number of fused-ring (bicyclic) bond motifs is 1. The maximum Gasteiger partial charge on any atom is 0.443 e. The van der Waals surface area contributed by atoms with Crippen LogP contribution in [0.4, 0.5) is 19.1 Å². The van der Waals surface area contributed by atoms with Crippen molar-refractivity contribution in [3.05, 3.63) is 39.8 Å². The maximum absolute atomic E-state index is 12.6. The van der Waals surface area contributed by atoms with Crippen LogP contribution in [0.25, 0.3) is 11.0 Å². The van der Waals surface area contributed by atoms with Crippen molar-refractivity contribution in [3.8, 4) is 0 Å². The van der Waals surface area contributed by atoms with Gasteiger partial charge in [0.2, 0.25) is 5.95 Å². The number of rotatable bonds is 3. The number of alkyl halides is 3. The number of hydrogen-bond donors (Lipinski definition) is 1. The van der Waals surface area contributed by atoms with E-state index in [-0.39, 0.29) is 11.6 Å². The molecular weight excluding hydrogens is 341 g/mol. The number of carbonyl (C=O) groups excluding carboxylic acids is 1. The molecule has 1 amide bonds. The maximum atomic E-state index is 12.6. The first-order valence-corrected chi connectivity index (χ1v) is 7.98. The minimum absolute atomic E-state index is 0.279. The number of benzene rings is 1. The highest BCUT2D eigenvalue weighted by Gasteiger charge is 2.35. The van der Waals surface area contributed by atoms with Crippen molar-refractivity contribution in [2.75, 3.05) is 5.32 Å². The summed E-state index contributed by atoms with van der Waals surface area (Å²) in [5.74, 6) is -0.437. The van der Waals surface area contributed by atoms with Gasteiger partial charge in [0, 0.05) is 11.9 Å². The molecule has 0 aliphatic heterocycles. The molecule has 0 aliphatic carbocycles. The van der Waals surface area contributed by atoms with Crippen molar-refractivity contribution >= 4 is 34.2 Å². The third-order valence-corrected chi connectivity index (χ3v) is 4.31. The molecule has 2 heterocycles.